The minimum Gasteiger partial charge on any atom is -0.392 e. The molecule has 0 fully saturated rings. The molecule has 0 atom stereocenters. The molecule has 1 N–H and O–H groups in total. The van der Waals surface area contributed by atoms with Crippen LogP contribution in [0.1, 0.15) is 5.56 Å². The molecule has 0 spiro atoms. The Kier molecular flexibility index (Phi) is 2.74. The standard InChI is InChI=1S/C12H10FNO/c13-11-5-6-12(14-7-11)10-3-1-9(8-15)2-4-10/h1-7,15H,8H2. The van der Waals surface area contributed by atoms with Crippen molar-refractivity contribution >= 4 is 0 Å². The van der Waals surface area contributed by atoms with Crippen LogP contribution >= 0.6 is 0 Å². The monoisotopic (exact) mass is 203 g/mol. The molecule has 0 amide bonds. The first-order valence-electron chi connectivity index (χ1n) is 4.61. The van der Waals surface area contributed by atoms with E-state index in [2.05, 4.69) is 4.98 Å². The third-order valence-corrected chi connectivity index (χ3v) is 2.16. The van der Waals surface area contributed by atoms with Crippen molar-refractivity contribution in [2.45, 2.75) is 6.61 Å². The topological polar surface area (TPSA) is 33.1 Å². The van der Waals surface area contributed by atoms with Crippen molar-refractivity contribution in [3.63, 3.8) is 0 Å². The van der Waals surface area contributed by atoms with Crippen LogP contribution in [0.4, 0.5) is 4.39 Å². The molecule has 0 radical (unpaired) electrons. The quantitative estimate of drug-likeness (QED) is 0.812. The normalized spacial score (nSPS) is 10.3. The van der Waals surface area contributed by atoms with E-state index in [0.717, 1.165) is 16.8 Å². The number of hydrogen-bond donors (Lipinski definition) is 1. The lowest BCUT2D eigenvalue weighted by atomic mass is 10.1. The summed E-state index contributed by atoms with van der Waals surface area (Å²) in [6.07, 6.45) is 1.19. The van der Waals surface area contributed by atoms with Gasteiger partial charge in [-0.05, 0) is 17.7 Å². The minimum atomic E-state index is -0.342. The summed E-state index contributed by atoms with van der Waals surface area (Å²) in [6, 6.07) is 10.4. The molecule has 1 aromatic carbocycles. The maximum absolute atomic E-state index is 12.6. The molecule has 2 nitrogen and oxygen atoms in total. The van der Waals surface area contributed by atoms with Crippen LogP contribution in [0.3, 0.4) is 0 Å². The molecular weight excluding hydrogens is 193 g/mol. The number of pyridine rings is 1. The molecule has 2 aromatic rings. The van der Waals surface area contributed by atoms with Crippen molar-refractivity contribution in [1.82, 2.24) is 4.98 Å². The van der Waals surface area contributed by atoms with Crippen LogP contribution in [-0.4, -0.2) is 10.1 Å². The second-order valence-electron chi connectivity index (χ2n) is 3.22. The molecule has 0 unspecified atom stereocenters. The van der Waals surface area contributed by atoms with Gasteiger partial charge in [0.05, 0.1) is 18.5 Å². The Balaban J connectivity index is 2.33. The van der Waals surface area contributed by atoms with E-state index in [1.54, 1.807) is 6.07 Å². The second kappa shape index (κ2) is 4.19. The van der Waals surface area contributed by atoms with Crippen LogP contribution in [0.25, 0.3) is 11.3 Å². The third kappa shape index (κ3) is 2.19. The smallest absolute Gasteiger partial charge is 0.141 e. The summed E-state index contributed by atoms with van der Waals surface area (Å²) >= 11 is 0. The molecule has 1 heterocycles. The van der Waals surface area contributed by atoms with Crippen LogP contribution in [-0.2, 0) is 6.61 Å². The van der Waals surface area contributed by atoms with Gasteiger partial charge < -0.3 is 5.11 Å². The van der Waals surface area contributed by atoms with E-state index in [0.29, 0.717) is 0 Å². The third-order valence-electron chi connectivity index (χ3n) is 2.16. The highest BCUT2D eigenvalue weighted by atomic mass is 19.1. The number of aliphatic hydroxyl groups is 1. The Labute approximate surface area is 87.0 Å². The fraction of sp³-hybridized carbons (Fsp3) is 0.0833. The molecule has 3 heteroatoms. The minimum absolute atomic E-state index is 0.0249. The van der Waals surface area contributed by atoms with E-state index >= 15 is 0 Å². The fourth-order valence-electron chi connectivity index (χ4n) is 1.33. The number of benzene rings is 1. The largest absolute Gasteiger partial charge is 0.392 e. The van der Waals surface area contributed by atoms with Crippen LogP contribution in [0.2, 0.25) is 0 Å². The van der Waals surface area contributed by atoms with Gasteiger partial charge in [-0.2, -0.15) is 0 Å². The maximum Gasteiger partial charge on any atom is 0.141 e. The van der Waals surface area contributed by atoms with E-state index in [-0.39, 0.29) is 12.4 Å². The van der Waals surface area contributed by atoms with Crippen LogP contribution < -0.4 is 0 Å². The Morgan fingerprint density at radius 2 is 1.80 bits per heavy atom. The van der Waals surface area contributed by atoms with Crippen molar-refractivity contribution < 1.29 is 9.50 Å². The molecule has 0 bridgehead atoms. The number of aliphatic hydroxyl groups excluding tert-OH is 1. The predicted octanol–water partition coefficient (Wildman–Crippen LogP) is 2.38. The lowest BCUT2D eigenvalue weighted by molar-refractivity contribution is 0.282. The number of nitrogens with zero attached hydrogens (tertiary/aromatic N) is 1. The Hall–Kier alpha value is -1.74. The zero-order valence-electron chi connectivity index (χ0n) is 8.02. The van der Waals surface area contributed by atoms with Crippen LogP contribution in [0.15, 0.2) is 42.6 Å². The summed E-state index contributed by atoms with van der Waals surface area (Å²) in [5.74, 6) is -0.342. The molecular formula is C12H10FNO. The van der Waals surface area contributed by atoms with Crippen molar-refractivity contribution in [2.75, 3.05) is 0 Å². The van der Waals surface area contributed by atoms with Gasteiger partial charge in [0.2, 0.25) is 0 Å². The van der Waals surface area contributed by atoms with Crippen molar-refractivity contribution in [3.05, 3.63) is 54.0 Å². The van der Waals surface area contributed by atoms with Gasteiger partial charge in [0, 0.05) is 5.56 Å². The van der Waals surface area contributed by atoms with Gasteiger partial charge in [0.1, 0.15) is 5.82 Å². The maximum atomic E-state index is 12.6. The molecule has 1 aromatic heterocycles. The highest BCUT2D eigenvalue weighted by Gasteiger charge is 1.99. The van der Waals surface area contributed by atoms with Gasteiger partial charge in [-0.25, -0.2) is 4.39 Å². The lowest BCUT2D eigenvalue weighted by Gasteiger charge is -2.01. The van der Waals surface area contributed by atoms with Gasteiger partial charge in [-0.1, -0.05) is 24.3 Å². The first-order chi connectivity index (χ1) is 7.29. The highest BCUT2D eigenvalue weighted by molar-refractivity contribution is 5.58. The van der Waals surface area contributed by atoms with Crippen molar-refractivity contribution in [2.24, 2.45) is 0 Å². The SMILES string of the molecule is OCc1ccc(-c2ccc(F)cn2)cc1. The fourth-order valence-corrected chi connectivity index (χ4v) is 1.33. The second-order valence-corrected chi connectivity index (χ2v) is 3.22. The Bertz CT molecular complexity index is 436. The molecule has 2 rings (SSSR count). The zero-order valence-corrected chi connectivity index (χ0v) is 8.02. The molecule has 0 aliphatic heterocycles. The molecule has 0 aliphatic rings. The molecule has 0 saturated carbocycles. The number of rotatable bonds is 2. The van der Waals surface area contributed by atoms with Gasteiger partial charge in [-0.3, -0.25) is 4.98 Å². The number of aromatic nitrogens is 1. The van der Waals surface area contributed by atoms with Crippen LogP contribution in [0.5, 0.6) is 0 Å². The first kappa shape index (κ1) is 9.80. The van der Waals surface area contributed by atoms with Crippen molar-refractivity contribution in [3.8, 4) is 11.3 Å². The number of halogens is 1. The molecule has 15 heavy (non-hydrogen) atoms. The molecule has 0 saturated heterocycles. The Morgan fingerprint density at radius 1 is 1.07 bits per heavy atom. The summed E-state index contributed by atoms with van der Waals surface area (Å²) in [5.41, 5.74) is 2.48. The summed E-state index contributed by atoms with van der Waals surface area (Å²) < 4.78 is 12.6. The van der Waals surface area contributed by atoms with Crippen molar-refractivity contribution in [1.29, 1.82) is 0 Å². The van der Waals surface area contributed by atoms with E-state index in [9.17, 15) is 4.39 Å². The van der Waals surface area contributed by atoms with Crippen LogP contribution in [0, 0.1) is 5.82 Å². The van der Waals surface area contributed by atoms with Gasteiger partial charge in [0.15, 0.2) is 0 Å². The zero-order chi connectivity index (χ0) is 10.7. The Morgan fingerprint density at radius 3 is 2.33 bits per heavy atom. The average molecular weight is 203 g/mol. The average Bonchev–Trinajstić information content (AvgIpc) is 2.30. The van der Waals surface area contributed by atoms with Gasteiger partial charge in [0.25, 0.3) is 0 Å². The highest BCUT2D eigenvalue weighted by Crippen LogP contribution is 2.17. The summed E-state index contributed by atoms with van der Waals surface area (Å²) in [4.78, 5) is 3.97. The van der Waals surface area contributed by atoms with E-state index < -0.39 is 0 Å². The van der Waals surface area contributed by atoms with E-state index in [1.807, 2.05) is 24.3 Å². The van der Waals surface area contributed by atoms with Gasteiger partial charge >= 0.3 is 0 Å². The summed E-state index contributed by atoms with van der Waals surface area (Å²) in [7, 11) is 0. The summed E-state index contributed by atoms with van der Waals surface area (Å²) in [5, 5.41) is 8.87. The lowest BCUT2D eigenvalue weighted by Crippen LogP contribution is -1.86. The first-order valence-corrected chi connectivity index (χ1v) is 4.61. The van der Waals surface area contributed by atoms with E-state index in [1.165, 1.54) is 12.3 Å². The predicted molar refractivity (Wildman–Crippen MR) is 55.6 cm³/mol. The molecule has 0 aliphatic carbocycles. The van der Waals surface area contributed by atoms with Gasteiger partial charge in [-0.15, -0.1) is 0 Å². The summed E-state index contributed by atoms with van der Waals surface area (Å²) in [6.45, 7) is 0.0249. The number of hydrogen-bond acceptors (Lipinski definition) is 2. The van der Waals surface area contributed by atoms with E-state index in [4.69, 9.17) is 5.11 Å². The molecule has 76 valence electrons.